The molecule has 1 aliphatic heterocycles. The van der Waals surface area contributed by atoms with Crippen molar-refractivity contribution in [3.8, 4) is 0 Å². The summed E-state index contributed by atoms with van der Waals surface area (Å²) in [4.78, 5) is 18.1. The summed E-state index contributed by atoms with van der Waals surface area (Å²) in [6.07, 6.45) is 8.94. The molecule has 2 aromatic rings. The Morgan fingerprint density at radius 2 is 2.20 bits per heavy atom. The summed E-state index contributed by atoms with van der Waals surface area (Å²) in [6, 6.07) is 7.78. The number of aromatic nitrogens is 1. The quantitative estimate of drug-likeness (QED) is 0.785. The molecule has 3 rings (SSSR count). The van der Waals surface area contributed by atoms with E-state index in [2.05, 4.69) is 10.3 Å². The normalized spacial score (nSPS) is 15.3. The van der Waals surface area contributed by atoms with Crippen LogP contribution in [0.25, 0.3) is 0 Å². The minimum Gasteiger partial charge on any atom is -0.469 e. The second kappa shape index (κ2) is 9.22. The van der Waals surface area contributed by atoms with Crippen LogP contribution in [0, 0.1) is 0 Å². The van der Waals surface area contributed by atoms with Crippen LogP contribution in [0.2, 0.25) is 0 Å². The Morgan fingerprint density at radius 1 is 1.32 bits per heavy atom. The fourth-order valence-corrected chi connectivity index (χ4v) is 2.95. The van der Waals surface area contributed by atoms with Gasteiger partial charge in [0.1, 0.15) is 5.76 Å². The summed E-state index contributed by atoms with van der Waals surface area (Å²) in [5.41, 5.74) is 1.08. The third-order valence-electron chi connectivity index (χ3n) is 4.39. The van der Waals surface area contributed by atoms with Gasteiger partial charge in [-0.1, -0.05) is 6.07 Å². The molecule has 2 aromatic heterocycles. The van der Waals surface area contributed by atoms with Gasteiger partial charge in [-0.25, -0.2) is 4.79 Å². The number of furan rings is 1. The lowest BCUT2D eigenvalue weighted by Crippen LogP contribution is -2.46. The zero-order valence-electron chi connectivity index (χ0n) is 14.4. The first-order valence-electron chi connectivity index (χ1n) is 8.87. The molecule has 1 aliphatic rings. The van der Waals surface area contributed by atoms with Gasteiger partial charge in [0.05, 0.1) is 19.0 Å². The van der Waals surface area contributed by atoms with Crippen LogP contribution in [-0.2, 0) is 17.8 Å². The van der Waals surface area contributed by atoms with Crippen molar-refractivity contribution in [1.82, 2.24) is 15.2 Å². The van der Waals surface area contributed by atoms with E-state index in [4.69, 9.17) is 9.15 Å². The highest BCUT2D eigenvalue weighted by atomic mass is 16.5. The van der Waals surface area contributed by atoms with Crippen LogP contribution >= 0.6 is 0 Å². The first-order valence-corrected chi connectivity index (χ1v) is 8.87. The molecule has 0 bridgehead atoms. The molecule has 2 amide bonds. The molecule has 1 fully saturated rings. The maximum Gasteiger partial charge on any atom is 0.317 e. The maximum atomic E-state index is 12.2. The third kappa shape index (κ3) is 5.60. The molecule has 6 heteroatoms. The number of urea groups is 1. The van der Waals surface area contributed by atoms with E-state index in [1.807, 2.05) is 35.4 Å². The van der Waals surface area contributed by atoms with Gasteiger partial charge in [-0.15, -0.1) is 0 Å². The topological polar surface area (TPSA) is 67.6 Å². The molecule has 1 N–H and O–H groups in total. The lowest BCUT2D eigenvalue weighted by atomic mass is 10.1. The zero-order chi connectivity index (χ0) is 17.3. The smallest absolute Gasteiger partial charge is 0.317 e. The van der Waals surface area contributed by atoms with Crippen molar-refractivity contribution < 1.29 is 13.9 Å². The highest BCUT2D eigenvalue weighted by Gasteiger charge is 2.22. The highest BCUT2D eigenvalue weighted by molar-refractivity contribution is 5.74. The monoisotopic (exact) mass is 343 g/mol. The van der Waals surface area contributed by atoms with Gasteiger partial charge < -0.3 is 19.4 Å². The maximum absolute atomic E-state index is 12.2. The summed E-state index contributed by atoms with van der Waals surface area (Å²) in [7, 11) is 0. The fraction of sp³-hybridized carbons (Fsp3) is 0.474. The van der Waals surface area contributed by atoms with Gasteiger partial charge in [-0.2, -0.15) is 0 Å². The van der Waals surface area contributed by atoms with Gasteiger partial charge in [0, 0.05) is 38.4 Å². The Hall–Kier alpha value is -2.34. The predicted molar refractivity (Wildman–Crippen MR) is 94.0 cm³/mol. The average Bonchev–Trinajstić information content (AvgIpc) is 3.18. The number of pyridine rings is 1. The summed E-state index contributed by atoms with van der Waals surface area (Å²) in [6.45, 7) is 2.72. The number of nitrogens with zero attached hydrogens (tertiary/aromatic N) is 2. The van der Waals surface area contributed by atoms with Gasteiger partial charge in [-0.3, -0.25) is 4.98 Å². The number of aryl methyl sites for hydroxylation is 1. The van der Waals surface area contributed by atoms with Crippen LogP contribution in [0.15, 0.2) is 47.3 Å². The van der Waals surface area contributed by atoms with E-state index in [-0.39, 0.29) is 12.1 Å². The SMILES string of the molecule is O=C(NCCCc1ccco1)N1CCC(OCc2cccnc2)CC1. The van der Waals surface area contributed by atoms with Crippen LogP contribution in [0.3, 0.4) is 0 Å². The number of carbonyl (C=O) groups is 1. The molecule has 0 unspecified atom stereocenters. The number of ether oxygens (including phenoxy) is 1. The van der Waals surface area contributed by atoms with Gasteiger partial charge in [0.2, 0.25) is 0 Å². The van der Waals surface area contributed by atoms with E-state index >= 15 is 0 Å². The summed E-state index contributed by atoms with van der Waals surface area (Å²) in [5.74, 6) is 0.959. The van der Waals surface area contributed by atoms with Crippen LogP contribution in [-0.4, -0.2) is 41.7 Å². The number of rotatable bonds is 7. The lowest BCUT2D eigenvalue weighted by Gasteiger charge is -2.32. The van der Waals surface area contributed by atoms with Gasteiger partial charge in [0.15, 0.2) is 0 Å². The number of amides is 2. The molecule has 0 aliphatic carbocycles. The first-order chi connectivity index (χ1) is 12.3. The number of likely N-dealkylation sites (tertiary alicyclic amines) is 1. The first kappa shape index (κ1) is 17.5. The summed E-state index contributed by atoms with van der Waals surface area (Å²) < 4.78 is 11.2. The Bertz CT molecular complexity index is 623. The second-order valence-electron chi connectivity index (χ2n) is 6.27. The van der Waals surface area contributed by atoms with Crippen LogP contribution in [0.4, 0.5) is 4.79 Å². The van der Waals surface area contributed by atoms with Crippen molar-refractivity contribution in [2.45, 2.75) is 38.4 Å². The Kier molecular flexibility index (Phi) is 6.45. The van der Waals surface area contributed by atoms with Crippen molar-refractivity contribution in [2.75, 3.05) is 19.6 Å². The Balaban J connectivity index is 1.29. The molecule has 3 heterocycles. The second-order valence-corrected chi connectivity index (χ2v) is 6.27. The molecule has 1 saturated heterocycles. The zero-order valence-corrected chi connectivity index (χ0v) is 14.4. The molecule has 0 aromatic carbocycles. The van der Waals surface area contributed by atoms with Crippen molar-refractivity contribution in [3.05, 3.63) is 54.2 Å². The van der Waals surface area contributed by atoms with Crippen molar-refractivity contribution in [1.29, 1.82) is 0 Å². The largest absolute Gasteiger partial charge is 0.469 e. The van der Waals surface area contributed by atoms with Crippen molar-refractivity contribution in [2.24, 2.45) is 0 Å². The standard InChI is InChI=1S/C19H25N3O3/c23-19(21-10-2-5-17-6-3-13-24-17)22-11-7-18(8-12-22)25-15-16-4-1-9-20-14-16/h1,3-4,6,9,13-14,18H,2,5,7-8,10-12,15H2,(H,21,23). The molecule has 6 nitrogen and oxygen atoms in total. The Labute approximate surface area is 148 Å². The van der Waals surface area contributed by atoms with E-state index in [0.29, 0.717) is 13.2 Å². The van der Waals surface area contributed by atoms with Crippen LogP contribution < -0.4 is 5.32 Å². The number of carbonyl (C=O) groups excluding carboxylic acids is 1. The Morgan fingerprint density at radius 3 is 2.92 bits per heavy atom. The van der Waals surface area contributed by atoms with Crippen molar-refractivity contribution in [3.63, 3.8) is 0 Å². The molecule has 0 radical (unpaired) electrons. The van der Waals surface area contributed by atoms with Gasteiger partial charge in [-0.05, 0) is 43.0 Å². The molecule has 0 atom stereocenters. The minimum absolute atomic E-state index is 0.0187. The van der Waals surface area contributed by atoms with E-state index in [1.54, 1.807) is 12.5 Å². The third-order valence-corrected chi connectivity index (χ3v) is 4.39. The summed E-state index contributed by atoms with van der Waals surface area (Å²) in [5, 5.41) is 2.98. The van der Waals surface area contributed by atoms with Crippen LogP contribution in [0.1, 0.15) is 30.6 Å². The molecular formula is C19H25N3O3. The lowest BCUT2D eigenvalue weighted by molar-refractivity contribution is 0.00437. The molecule has 0 spiro atoms. The number of hydrogen-bond donors (Lipinski definition) is 1. The van der Waals surface area contributed by atoms with E-state index < -0.39 is 0 Å². The molecule has 0 saturated carbocycles. The molecular weight excluding hydrogens is 318 g/mol. The average molecular weight is 343 g/mol. The van der Waals surface area contributed by atoms with Crippen LogP contribution in [0.5, 0.6) is 0 Å². The molecule has 134 valence electrons. The van der Waals surface area contributed by atoms with E-state index in [1.165, 1.54) is 0 Å². The number of hydrogen-bond acceptors (Lipinski definition) is 4. The predicted octanol–water partition coefficient (Wildman–Crippen LogP) is 3.00. The van der Waals surface area contributed by atoms with E-state index in [9.17, 15) is 4.79 Å². The van der Waals surface area contributed by atoms with Gasteiger partial charge in [0.25, 0.3) is 0 Å². The fourth-order valence-electron chi connectivity index (χ4n) is 2.95. The highest BCUT2D eigenvalue weighted by Crippen LogP contribution is 2.15. The van der Waals surface area contributed by atoms with Crippen molar-refractivity contribution >= 4 is 6.03 Å². The van der Waals surface area contributed by atoms with Gasteiger partial charge >= 0.3 is 6.03 Å². The minimum atomic E-state index is 0.0187. The number of nitrogens with one attached hydrogen (secondary N) is 1. The number of piperidine rings is 1. The molecule has 25 heavy (non-hydrogen) atoms. The van der Waals surface area contributed by atoms with E-state index in [0.717, 1.165) is 50.1 Å². The summed E-state index contributed by atoms with van der Waals surface area (Å²) >= 11 is 0.